The van der Waals surface area contributed by atoms with Gasteiger partial charge in [-0.2, -0.15) is 0 Å². The first-order chi connectivity index (χ1) is 9.06. The van der Waals surface area contributed by atoms with Crippen LogP contribution in [0.1, 0.15) is 16.7 Å². The second-order valence-electron chi connectivity index (χ2n) is 4.76. The molecule has 1 N–H and O–H groups in total. The molecule has 0 heterocycles. The first-order valence-corrected chi connectivity index (χ1v) is 6.60. The molecule has 0 bridgehead atoms. The van der Waals surface area contributed by atoms with Crippen molar-refractivity contribution in [2.75, 3.05) is 0 Å². The summed E-state index contributed by atoms with van der Waals surface area (Å²) in [6.45, 7) is 2.02. The molecule has 0 fully saturated rings. The molecule has 0 aliphatic rings. The zero-order valence-corrected chi connectivity index (χ0v) is 11.5. The molecule has 0 aliphatic carbocycles. The molecule has 0 amide bonds. The molecule has 0 saturated heterocycles. The molecule has 1 nitrogen and oxygen atoms in total. The standard InChI is InChI=1S/C16H16ClFO/c1-11-5-7-12(8-6-11)9-14(19)10-13-3-2-4-15(17)16(13)18/h2-8,14,19H,9-10H2,1H3. The average Bonchev–Trinajstić information content (AvgIpc) is 2.38. The molecule has 0 radical (unpaired) electrons. The van der Waals surface area contributed by atoms with E-state index < -0.39 is 11.9 Å². The number of aryl methyl sites for hydroxylation is 1. The number of rotatable bonds is 4. The topological polar surface area (TPSA) is 20.2 Å². The molecule has 2 aromatic rings. The van der Waals surface area contributed by atoms with Crippen molar-refractivity contribution >= 4 is 11.6 Å². The van der Waals surface area contributed by atoms with E-state index in [9.17, 15) is 9.50 Å². The molecule has 0 aliphatic heterocycles. The fourth-order valence-electron chi connectivity index (χ4n) is 2.03. The lowest BCUT2D eigenvalue weighted by molar-refractivity contribution is 0.174. The highest BCUT2D eigenvalue weighted by molar-refractivity contribution is 6.30. The number of benzene rings is 2. The summed E-state index contributed by atoms with van der Waals surface area (Å²) in [6, 6.07) is 12.8. The predicted octanol–water partition coefficient (Wildman–Crippen LogP) is 3.93. The van der Waals surface area contributed by atoms with Gasteiger partial charge in [-0.25, -0.2) is 4.39 Å². The normalized spacial score (nSPS) is 12.4. The van der Waals surface area contributed by atoms with Crippen LogP contribution in [-0.2, 0) is 12.8 Å². The molecule has 0 spiro atoms. The minimum absolute atomic E-state index is 0.0973. The highest BCUT2D eigenvalue weighted by Crippen LogP contribution is 2.20. The van der Waals surface area contributed by atoms with Gasteiger partial charge in [-0.3, -0.25) is 0 Å². The van der Waals surface area contributed by atoms with Gasteiger partial charge in [0.05, 0.1) is 11.1 Å². The van der Waals surface area contributed by atoms with Crippen molar-refractivity contribution in [1.29, 1.82) is 0 Å². The fraction of sp³-hybridized carbons (Fsp3) is 0.250. The van der Waals surface area contributed by atoms with Crippen LogP contribution in [0, 0.1) is 12.7 Å². The lowest BCUT2D eigenvalue weighted by Gasteiger charge is -2.12. The van der Waals surface area contributed by atoms with Gasteiger partial charge in [0, 0.05) is 6.42 Å². The zero-order chi connectivity index (χ0) is 13.8. The van der Waals surface area contributed by atoms with Crippen molar-refractivity contribution in [2.24, 2.45) is 0 Å². The van der Waals surface area contributed by atoms with E-state index in [1.54, 1.807) is 12.1 Å². The predicted molar refractivity (Wildman–Crippen MR) is 76.0 cm³/mol. The van der Waals surface area contributed by atoms with Gasteiger partial charge in [0.2, 0.25) is 0 Å². The Hall–Kier alpha value is -1.38. The molecule has 1 atom stereocenters. The van der Waals surface area contributed by atoms with Crippen molar-refractivity contribution < 1.29 is 9.50 Å². The summed E-state index contributed by atoms with van der Waals surface area (Å²) in [6.07, 6.45) is 0.155. The summed E-state index contributed by atoms with van der Waals surface area (Å²) in [5.41, 5.74) is 2.67. The van der Waals surface area contributed by atoms with Crippen molar-refractivity contribution in [3.63, 3.8) is 0 Å². The first kappa shape index (κ1) is 14.0. The van der Waals surface area contributed by atoms with Gasteiger partial charge < -0.3 is 5.11 Å². The molecule has 3 heteroatoms. The average molecular weight is 279 g/mol. The first-order valence-electron chi connectivity index (χ1n) is 6.23. The Bertz CT molecular complexity index is 551. The maximum Gasteiger partial charge on any atom is 0.145 e. The Morgan fingerprint density at radius 3 is 2.47 bits per heavy atom. The highest BCUT2D eigenvalue weighted by Gasteiger charge is 2.12. The lowest BCUT2D eigenvalue weighted by Crippen LogP contribution is -2.15. The molecule has 19 heavy (non-hydrogen) atoms. The zero-order valence-electron chi connectivity index (χ0n) is 10.7. The Morgan fingerprint density at radius 1 is 1.11 bits per heavy atom. The molecular formula is C16H16ClFO. The van der Waals surface area contributed by atoms with Crippen LogP contribution in [0.15, 0.2) is 42.5 Å². The quantitative estimate of drug-likeness (QED) is 0.898. The van der Waals surface area contributed by atoms with Crippen LogP contribution in [0.4, 0.5) is 4.39 Å². The van der Waals surface area contributed by atoms with Gasteiger partial charge in [-0.15, -0.1) is 0 Å². The van der Waals surface area contributed by atoms with E-state index in [0.29, 0.717) is 12.0 Å². The summed E-state index contributed by atoms with van der Waals surface area (Å²) < 4.78 is 13.7. The number of aliphatic hydroxyl groups is 1. The van der Waals surface area contributed by atoms with Crippen LogP contribution >= 0.6 is 11.6 Å². The van der Waals surface area contributed by atoms with E-state index in [2.05, 4.69) is 0 Å². The van der Waals surface area contributed by atoms with E-state index >= 15 is 0 Å². The summed E-state index contributed by atoms with van der Waals surface area (Å²) in [5.74, 6) is -0.438. The van der Waals surface area contributed by atoms with Crippen LogP contribution in [0.2, 0.25) is 5.02 Å². The van der Waals surface area contributed by atoms with E-state index in [1.165, 1.54) is 11.6 Å². The van der Waals surface area contributed by atoms with Crippen molar-refractivity contribution in [1.82, 2.24) is 0 Å². The Morgan fingerprint density at radius 2 is 1.79 bits per heavy atom. The number of hydrogen-bond donors (Lipinski definition) is 1. The number of aliphatic hydroxyl groups excluding tert-OH is 1. The van der Waals surface area contributed by atoms with Crippen molar-refractivity contribution in [3.05, 3.63) is 70.0 Å². The summed E-state index contributed by atoms with van der Waals surface area (Å²) >= 11 is 5.72. The molecule has 0 saturated carbocycles. The summed E-state index contributed by atoms with van der Waals surface area (Å²) in [5, 5.41) is 10.1. The Labute approximate surface area is 117 Å². The number of hydrogen-bond acceptors (Lipinski definition) is 1. The number of halogens is 2. The molecule has 0 aromatic heterocycles. The van der Waals surface area contributed by atoms with Crippen LogP contribution < -0.4 is 0 Å². The minimum atomic E-state index is -0.615. The van der Waals surface area contributed by atoms with Crippen LogP contribution in [0.3, 0.4) is 0 Å². The molecule has 2 rings (SSSR count). The lowest BCUT2D eigenvalue weighted by atomic mass is 10.0. The van der Waals surface area contributed by atoms with Crippen molar-refractivity contribution in [3.8, 4) is 0 Å². The molecule has 2 aromatic carbocycles. The Kier molecular flexibility index (Phi) is 4.56. The van der Waals surface area contributed by atoms with Gasteiger partial charge in [0.1, 0.15) is 5.82 Å². The molecule has 100 valence electrons. The molecule has 1 unspecified atom stereocenters. The monoisotopic (exact) mass is 278 g/mol. The van der Waals surface area contributed by atoms with Gasteiger partial charge in [0.25, 0.3) is 0 Å². The van der Waals surface area contributed by atoms with E-state index in [4.69, 9.17) is 11.6 Å². The second-order valence-corrected chi connectivity index (χ2v) is 5.17. The third-order valence-corrected chi connectivity index (χ3v) is 3.37. The second kappa shape index (κ2) is 6.18. The maximum atomic E-state index is 13.7. The third-order valence-electron chi connectivity index (χ3n) is 3.08. The van der Waals surface area contributed by atoms with Gasteiger partial charge in [0.15, 0.2) is 0 Å². The van der Waals surface area contributed by atoms with Gasteiger partial charge in [-0.1, -0.05) is 53.6 Å². The summed E-state index contributed by atoms with van der Waals surface area (Å²) in [7, 11) is 0. The van der Waals surface area contributed by atoms with Gasteiger partial charge in [-0.05, 0) is 30.5 Å². The van der Waals surface area contributed by atoms with Crippen molar-refractivity contribution in [2.45, 2.75) is 25.9 Å². The van der Waals surface area contributed by atoms with E-state index in [-0.39, 0.29) is 11.4 Å². The van der Waals surface area contributed by atoms with Gasteiger partial charge >= 0.3 is 0 Å². The smallest absolute Gasteiger partial charge is 0.145 e. The minimum Gasteiger partial charge on any atom is -0.392 e. The van der Waals surface area contributed by atoms with Crippen LogP contribution in [0.25, 0.3) is 0 Å². The maximum absolute atomic E-state index is 13.7. The van der Waals surface area contributed by atoms with E-state index in [0.717, 1.165) is 5.56 Å². The Balaban J connectivity index is 2.03. The molecular weight excluding hydrogens is 263 g/mol. The highest BCUT2D eigenvalue weighted by atomic mass is 35.5. The fourth-order valence-corrected chi connectivity index (χ4v) is 2.22. The third kappa shape index (κ3) is 3.79. The summed E-state index contributed by atoms with van der Waals surface area (Å²) in [4.78, 5) is 0. The largest absolute Gasteiger partial charge is 0.392 e. The van der Waals surface area contributed by atoms with Crippen LogP contribution in [0.5, 0.6) is 0 Å². The van der Waals surface area contributed by atoms with Crippen LogP contribution in [-0.4, -0.2) is 11.2 Å². The van der Waals surface area contributed by atoms with E-state index in [1.807, 2.05) is 31.2 Å². The SMILES string of the molecule is Cc1ccc(CC(O)Cc2cccc(Cl)c2F)cc1.